The predicted octanol–water partition coefficient (Wildman–Crippen LogP) is 5.22. The summed E-state index contributed by atoms with van der Waals surface area (Å²) in [5.74, 6) is 0.651. The van der Waals surface area contributed by atoms with Gasteiger partial charge in [0.15, 0.2) is 0 Å². The summed E-state index contributed by atoms with van der Waals surface area (Å²) in [5.41, 5.74) is 4.40. The summed E-state index contributed by atoms with van der Waals surface area (Å²) in [6, 6.07) is 20.8. The van der Waals surface area contributed by atoms with E-state index in [1.165, 1.54) is 0 Å². The fourth-order valence-corrected chi connectivity index (χ4v) is 4.20. The number of halogens is 1. The maximum atomic E-state index is 12.6. The Balaban J connectivity index is 1.53. The van der Waals surface area contributed by atoms with Gasteiger partial charge in [0.2, 0.25) is 0 Å². The topological polar surface area (TPSA) is 61.8 Å². The van der Waals surface area contributed by atoms with E-state index in [-0.39, 0.29) is 12.0 Å². The standard InChI is InChI=1S/C26H27ClN2O3/c1-32-25-9-8-19(14-21(25)17-29-12-10-24(30)11-13-29)18-4-3-7-23(16-18)28-26(31)20-5-2-6-22(27)15-20/h2-9,14-16,24,30H,10-13,17H2,1H3,(H,28,31). The van der Waals surface area contributed by atoms with Gasteiger partial charge >= 0.3 is 0 Å². The molecule has 2 N–H and O–H groups in total. The van der Waals surface area contributed by atoms with Gasteiger partial charge in [-0.05, 0) is 66.4 Å². The zero-order chi connectivity index (χ0) is 22.5. The lowest BCUT2D eigenvalue weighted by atomic mass is 10.0. The van der Waals surface area contributed by atoms with Crippen molar-refractivity contribution in [2.24, 2.45) is 0 Å². The van der Waals surface area contributed by atoms with Crippen LogP contribution in [0.2, 0.25) is 5.02 Å². The van der Waals surface area contributed by atoms with E-state index in [1.807, 2.05) is 36.4 Å². The fourth-order valence-electron chi connectivity index (χ4n) is 4.01. The third-order valence-corrected chi connectivity index (χ3v) is 6.01. The van der Waals surface area contributed by atoms with Gasteiger partial charge in [0, 0.05) is 41.5 Å². The lowest BCUT2D eigenvalue weighted by Crippen LogP contribution is -2.35. The molecule has 0 atom stereocenters. The molecule has 3 aromatic rings. The second kappa shape index (κ2) is 10.2. The van der Waals surface area contributed by atoms with E-state index in [1.54, 1.807) is 31.4 Å². The molecule has 0 spiro atoms. The molecule has 0 saturated carbocycles. The SMILES string of the molecule is COc1ccc(-c2cccc(NC(=O)c3cccc(Cl)c3)c2)cc1CN1CCC(O)CC1. The molecule has 166 valence electrons. The highest BCUT2D eigenvalue weighted by atomic mass is 35.5. The average Bonchev–Trinajstić information content (AvgIpc) is 2.81. The summed E-state index contributed by atoms with van der Waals surface area (Å²) in [7, 11) is 1.68. The number of amides is 1. The van der Waals surface area contributed by atoms with Crippen molar-refractivity contribution in [2.75, 3.05) is 25.5 Å². The van der Waals surface area contributed by atoms with Crippen LogP contribution in [0, 0.1) is 0 Å². The number of likely N-dealkylation sites (tertiary alicyclic amines) is 1. The van der Waals surface area contributed by atoms with Crippen LogP contribution in [0.1, 0.15) is 28.8 Å². The number of aliphatic hydroxyl groups excluding tert-OH is 1. The van der Waals surface area contributed by atoms with Crippen LogP contribution in [0.3, 0.4) is 0 Å². The number of piperidine rings is 1. The van der Waals surface area contributed by atoms with Crippen molar-refractivity contribution in [3.8, 4) is 16.9 Å². The minimum atomic E-state index is -0.202. The number of nitrogens with zero attached hydrogens (tertiary/aromatic N) is 1. The van der Waals surface area contributed by atoms with E-state index in [4.69, 9.17) is 16.3 Å². The molecule has 32 heavy (non-hydrogen) atoms. The highest BCUT2D eigenvalue weighted by Gasteiger charge is 2.18. The number of rotatable bonds is 6. The summed E-state index contributed by atoms with van der Waals surface area (Å²) in [6.07, 6.45) is 1.41. The zero-order valence-corrected chi connectivity index (χ0v) is 18.8. The second-order valence-corrected chi connectivity index (χ2v) is 8.52. The number of aliphatic hydroxyl groups is 1. The molecule has 1 aliphatic heterocycles. The van der Waals surface area contributed by atoms with E-state index in [9.17, 15) is 9.90 Å². The van der Waals surface area contributed by atoms with Crippen LogP contribution in [0.5, 0.6) is 5.75 Å². The van der Waals surface area contributed by atoms with Crippen molar-refractivity contribution in [1.29, 1.82) is 0 Å². The van der Waals surface area contributed by atoms with E-state index >= 15 is 0 Å². The molecular weight excluding hydrogens is 424 g/mol. The number of carbonyl (C=O) groups excluding carboxylic acids is 1. The van der Waals surface area contributed by atoms with Crippen LogP contribution < -0.4 is 10.1 Å². The van der Waals surface area contributed by atoms with Crippen LogP contribution in [-0.2, 0) is 6.54 Å². The summed E-state index contributed by atoms with van der Waals surface area (Å²) < 4.78 is 5.59. The number of methoxy groups -OCH3 is 1. The first-order chi connectivity index (χ1) is 15.5. The van der Waals surface area contributed by atoms with Gasteiger partial charge in [0.1, 0.15) is 5.75 Å². The summed E-state index contributed by atoms with van der Waals surface area (Å²) in [6.45, 7) is 2.52. The maximum absolute atomic E-state index is 12.6. The van der Waals surface area contributed by atoms with Crippen molar-refractivity contribution in [3.05, 3.63) is 82.9 Å². The summed E-state index contributed by atoms with van der Waals surface area (Å²) >= 11 is 6.01. The van der Waals surface area contributed by atoms with Gasteiger partial charge in [0.25, 0.3) is 5.91 Å². The Labute approximate surface area is 193 Å². The number of anilines is 1. The number of hydrogen-bond donors (Lipinski definition) is 2. The highest BCUT2D eigenvalue weighted by molar-refractivity contribution is 6.31. The van der Waals surface area contributed by atoms with Gasteiger partial charge in [-0.25, -0.2) is 0 Å². The van der Waals surface area contributed by atoms with Gasteiger partial charge in [-0.3, -0.25) is 9.69 Å². The molecule has 4 rings (SSSR count). The van der Waals surface area contributed by atoms with Crippen LogP contribution in [0.4, 0.5) is 5.69 Å². The maximum Gasteiger partial charge on any atom is 0.255 e. The molecule has 1 heterocycles. The number of ether oxygens (including phenoxy) is 1. The quantitative estimate of drug-likeness (QED) is 0.540. The van der Waals surface area contributed by atoms with Crippen LogP contribution in [-0.4, -0.2) is 42.2 Å². The first kappa shape index (κ1) is 22.3. The molecular formula is C26H27ClN2O3. The van der Waals surface area contributed by atoms with Gasteiger partial charge in [-0.15, -0.1) is 0 Å². The first-order valence-electron chi connectivity index (χ1n) is 10.8. The highest BCUT2D eigenvalue weighted by Crippen LogP contribution is 2.30. The molecule has 0 aromatic heterocycles. The Kier molecular flexibility index (Phi) is 7.10. The van der Waals surface area contributed by atoms with Crippen molar-refractivity contribution in [2.45, 2.75) is 25.5 Å². The molecule has 0 bridgehead atoms. The van der Waals surface area contributed by atoms with Crippen molar-refractivity contribution in [3.63, 3.8) is 0 Å². The fraction of sp³-hybridized carbons (Fsp3) is 0.269. The summed E-state index contributed by atoms with van der Waals surface area (Å²) in [4.78, 5) is 14.9. The van der Waals surface area contributed by atoms with E-state index in [0.29, 0.717) is 10.6 Å². The Hall–Kier alpha value is -2.86. The molecule has 0 radical (unpaired) electrons. The second-order valence-electron chi connectivity index (χ2n) is 8.08. The van der Waals surface area contributed by atoms with Gasteiger partial charge in [-0.1, -0.05) is 35.9 Å². The Bertz CT molecular complexity index is 1090. The largest absolute Gasteiger partial charge is 0.496 e. The Morgan fingerprint density at radius 3 is 2.56 bits per heavy atom. The first-order valence-corrected chi connectivity index (χ1v) is 11.1. The molecule has 1 aliphatic rings. The van der Waals surface area contributed by atoms with Crippen LogP contribution in [0.25, 0.3) is 11.1 Å². The Morgan fingerprint density at radius 1 is 1.06 bits per heavy atom. The Morgan fingerprint density at radius 2 is 1.81 bits per heavy atom. The lowest BCUT2D eigenvalue weighted by Gasteiger charge is -2.30. The average molecular weight is 451 g/mol. The predicted molar refractivity (Wildman–Crippen MR) is 128 cm³/mol. The molecule has 1 saturated heterocycles. The zero-order valence-electron chi connectivity index (χ0n) is 18.1. The van der Waals surface area contributed by atoms with Gasteiger partial charge in [0.05, 0.1) is 13.2 Å². The lowest BCUT2D eigenvalue weighted by molar-refractivity contribution is 0.0789. The minimum absolute atomic E-state index is 0.190. The van der Waals surface area contributed by atoms with Crippen molar-refractivity contribution in [1.82, 2.24) is 4.90 Å². The van der Waals surface area contributed by atoms with Gasteiger partial charge < -0.3 is 15.2 Å². The third-order valence-electron chi connectivity index (χ3n) is 5.77. The molecule has 6 heteroatoms. The molecule has 5 nitrogen and oxygen atoms in total. The normalized spacial score (nSPS) is 14.8. The minimum Gasteiger partial charge on any atom is -0.496 e. The molecule has 1 amide bonds. The molecule has 1 fully saturated rings. The van der Waals surface area contributed by atoms with E-state index in [2.05, 4.69) is 16.3 Å². The smallest absolute Gasteiger partial charge is 0.255 e. The van der Waals surface area contributed by atoms with Crippen LogP contribution in [0.15, 0.2) is 66.7 Å². The van der Waals surface area contributed by atoms with E-state index in [0.717, 1.165) is 60.6 Å². The van der Waals surface area contributed by atoms with Crippen molar-refractivity contribution < 1.29 is 14.6 Å². The number of nitrogens with one attached hydrogen (secondary N) is 1. The molecule has 0 unspecified atom stereocenters. The van der Waals surface area contributed by atoms with Crippen molar-refractivity contribution >= 4 is 23.2 Å². The number of carbonyl (C=O) groups is 1. The molecule has 3 aromatic carbocycles. The van der Waals surface area contributed by atoms with Gasteiger partial charge in [-0.2, -0.15) is 0 Å². The third kappa shape index (κ3) is 5.49. The summed E-state index contributed by atoms with van der Waals surface area (Å²) in [5, 5.41) is 13.2. The number of benzene rings is 3. The van der Waals surface area contributed by atoms with Crippen LogP contribution >= 0.6 is 11.6 Å². The van der Waals surface area contributed by atoms with E-state index < -0.39 is 0 Å². The monoisotopic (exact) mass is 450 g/mol. The number of hydrogen-bond acceptors (Lipinski definition) is 4. The molecule has 0 aliphatic carbocycles.